The summed E-state index contributed by atoms with van der Waals surface area (Å²) in [5, 5.41) is 21.1. The second-order valence-electron chi connectivity index (χ2n) is 10.2. The normalized spacial score (nSPS) is 62.6. The largest absolute Gasteiger partial charge is 0.367 e. The third kappa shape index (κ3) is 1.92. The molecule has 23 heavy (non-hydrogen) atoms. The fraction of sp³-hybridized carbons (Fsp3) is 1.00. The molecule has 1 N–H and O–H groups in total. The average molecular weight is 314 g/mol. The average Bonchev–Trinajstić information content (AvgIpc) is 2.51. The number of hydrogen-bond donors (Lipinski definition) is 1. The van der Waals surface area contributed by atoms with E-state index in [1.54, 1.807) is 0 Å². The Morgan fingerprint density at radius 2 is 1.04 bits per heavy atom. The molecule has 8 aliphatic rings. The van der Waals surface area contributed by atoms with Gasteiger partial charge in [-0.1, -0.05) is 0 Å². The molecule has 0 atom stereocenters. The topological polar surface area (TPSA) is 45.0 Å². The van der Waals surface area contributed by atoms with Crippen LogP contribution in [0.15, 0.2) is 10.2 Å². The summed E-state index contributed by atoms with van der Waals surface area (Å²) in [6.07, 6.45) is 13.3. The van der Waals surface area contributed by atoms with E-state index < -0.39 is 5.72 Å². The van der Waals surface area contributed by atoms with E-state index in [-0.39, 0.29) is 0 Å². The summed E-state index contributed by atoms with van der Waals surface area (Å²) in [6.45, 7) is 0. The van der Waals surface area contributed by atoms with Crippen LogP contribution in [0, 0.1) is 47.3 Å². The van der Waals surface area contributed by atoms with Crippen LogP contribution in [0.25, 0.3) is 0 Å². The summed E-state index contributed by atoms with van der Waals surface area (Å²) in [4.78, 5) is 0. The molecule has 8 bridgehead atoms. The quantitative estimate of drug-likeness (QED) is 0.754. The molecule has 8 rings (SSSR count). The molecule has 0 heterocycles. The number of aliphatic hydroxyl groups is 1. The van der Waals surface area contributed by atoms with Gasteiger partial charge in [0.05, 0.1) is 6.04 Å². The summed E-state index contributed by atoms with van der Waals surface area (Å²) >= 11 is 0. The van der Waals surface area contributed by atoms with Crippen LogP contribution >= 0.6 is 0 Å². The fourth-order valence-corrected chi connectivity index (χ4v) is 8.29. The zero-order valence-electron chi connectivity index (χ0n) is 14.1. The highest BCUT2D eigenvalue weighted by molar-refractivity contribution is 5.06. The molecule has 0 spiro atoms. The minimum Gasteiger partial charge on any atom is -0.367 e. The SMILES string of the molecule is OC1(N=NC2C3CC4CC(C3)CC2C4)C2CC3CC(C2)CC1C3. The van der Waals surface area contributed by atoms with Gasteiger partial charge in [-0.05, 0) is 99.7 Å². The lowest BCUT2D eigenvalue weighted by Gasteiger charge is -2.57. The Kier molecular flexibility index (Phi) is 2.76. The third-order valence-electron chi connectivity index (χ3n) is 8.87. The first-order valence-corrected chi connectivity index (χ1v) is 10.3. The van der Waals surface area contributed by atoms with Gasteiger partial charge >= 0.3 is 0 Å². The molecule has 0 aromatic heterocycles. The predicted octanol–water partition coefficient (Wildman–Crippen LogP) is 4.41. The van der Waals surface area contributed by atoms with Gasteiger partial charge < -0.3 is 5.11 Å². The maximum Gasteiger partial charge on any atom is 0.181 e. The van der Waals surface area contributed by atoms with E-state index in [0.717, 1.165) is 35.5 Å². The van der Waals surface area contributed by atoms with Crippen molar-refractivity contribution in [2.45, 2.75) is 76.0 Å². The molecule has 0 unspecified atom stereocenters. The maximum absolute atomic E-state index is 11.4. The molecule has 8 saturated carbocycles. The first-order valence-electron chi connectivity index (χ1n) is 10.3. The van der Waals surface area contributed by atoms with Crippen LogP contribution in [-0.4, -0.2) is 16.9 Å². The zero-order valence-corrected chi connectivity index (χ0v) is 14.1. The van der Waals surface area contributed by atoms with E-state index in [1.807, 2.05) is 0 Å². The van der Waals surface area contributed by atoms with Gasteiger partial charge in [0.2, 0.25) is 0 Å². The molecule has 126 valence electrons. The molecule has 8 aliphatic carbocycles. The van der Waals surface area contributed by atoms with Crippen molar-refractivity contribution in [1.29, 1.82) is 0 Å². The highest BCUT2D eigenvalue weighted by Crippen LogP contribution is 2.59. The summed E-state index contributed by atoms with van der Waals surface area (Å²) < 4.78 is 0. The summed E-state index contributed by atoms with van der Waals surface area (Å²) in [7, 11) is 0. The molecule has 3 nitrogen and oxygen atoms in total. The van der Waals surface area contributed by atoms with Crippen molar-refractivity contribution in [2.24, 2.45) is 57.6 Å². The van der Waals surface area contributed by atoms with Crippen molar-refractivity contribution in [1.82, 2.24) is 0 Å². The lowest BCUT2D eigenvalue weighted by molar-refractivity contribution is -0.172. The standard InChI is InChI=1S/C20H30N2O/c23-20(17-7-13-2-14(9-17)10-18(20)8-13)22-21-19-15-3-11-1-12(5-15)6-16(19)4-11/h11-19,23H,1-10H2. The van der Waals surface area contributed by atoms with E-state index in [2.05, 4.69) is 0 Å². The van der Waals surface area contributed by atoms with Crippen LogP contribution in [0.2, 0.25) is 0 Å². The highest BCUT2D eigenvalue weighted by Gasteiger charge is 2.57. The lowest BCUT2D eigenvalue weighted by Crippen LogP contribution is -2.56. The molecule has 0 radical (unpaired) electrons. The van der Waals surface area contributed by atoms with E-state index in [1.165, 1.54) is 64.2 Å². The van der Waals surface area contributed by atoms with Crippen LogP contribution < -0.4 is 0 Å². The van der Waals surface area contributed by atoms with Gasteiger partial charge in [-0.2, -0.15) is 10.2 Å². The van der Waals surface area contributed by atoms with E-state index in [9.17, 15) is 5.11 Å². The third-order valence-corrected chi connectivity index (χ3v) is 8.87. The number of rotatable bonds is 2. The Balaban J connectivity index is 1.26. The molecular formula is C20H30N2O. The van der Waals surface area contributed by atoms with Crippen molar-refractivity contribution in [3.8, 4) is 0 Å². The van der Waals surface area contributed by atoms with E-state index in [4.69, 9.17) is 10.2 Å². The monoisotopic (exact) mass is 314 g/mol. The number of azo groups is 1. The molecule has 3 heteroatoms. The van der Waals surface area contributed by atoms with Crippen LogP contribution in [0.3, 0.4) is 0 Å². The molecule has 0 aromatic carbocycles. The van der Waals surface area contributed by atoms with Crippen molar-refractivity contribution in [2.75, 3.05) is 0 Å². The second-order valence-corrected chi connectivity index (χ2v) is 10.2. The van der Waals surface area contributed by atoms with Crippen molar-refractivity contribution < 1.29 is 5.11 Å². The number of hydrogen-bond acceptors (Lipinski definition) is 3. The summed E-state index contributed by atoms with van der Waals surface area (Å²) in [5.74, 6) is 6.16. The minimum absolute atomic E-state index is 0.416. The van der Waals surface area contributed by atoms with E-state index in [0.29, 0.717) is 17.9 Å². The van der Waals surface area contributed by atoms with Gasteiger partial charge in [0.25, 0.3) is 0 Å². The van der Waals surface area contributed by atoms with E-state index >= 15 is 0 Å². The van der Waals surface area contributed by atoms with Crippen LogP contribution in [0.5, 0.6) is 0 Å². The van der Waals surface area contributed by atoms with Crippen molar-refractivity contribution in [3.05, 3.63) is 0 Å². The Morgan fingerprint density at radius 3 is 1.52 bits per heavy atom. The molecule has 0 amide bonds. The van der Waals surface area contributed by atoms with Gasteiger partial charge in [-0.25, -0.2) is 0 Å². The maximum atomic E-state index is 11.4. The molecule has 8 fully saturated rings. The first kappa shape index (κ1) is 13.8. The van der Waals surface area contributed by atoms with Gasteiger partial charge in [-0.15, -0.1) is 0 Å². The van der Waals surface area contributed by atoms with Gasteiger partial charge in [-0.3, -0.25) is 0 Å². The molecule has 0 saturated heterocycles. The lowest BCUT2D eigenvalue weighted by atomic mass is 9.52. The zero-order chi connectivity index (χ0) is 15.2. The van der Waals surface area contributed by atoms with Crippen LogP contribution in [0.1, 0.15) is 64.2 Å². The predicted molar refractivity (Wildman–Crippen MR) is 87.7 cm³/mol. The molecular weight excluding hydrogens is 284 g/mol. The second kappa shape index (κ2) is 4.59. The van der Waals surface area contributed by atoms with Gasteiger partial charge in [0.1, 0.15) is 0 Å². The Bertz CT molecular complexity index is 486. The molecule has 0 aromatic rings. The Morgan fingerprint density at radius 1 is 0.609 bits per heavy atom. The van der Waals surface area contributed by atoms with Crippen LogP contribution in [-0.2, 0) is 0 Å². The van der Waals surface area contributed by atoms with Crippen molar-refractivity contribution >= 4 is 0 Å². The van der Waals surface area contributed by atoms with Crippen molar-refractivity contribution in [3.63, 3.8) is 0 Å². The smallest absolute Gasteiger partial charge is 0.181 e. The van der Waals surface area contributed by atoms with Gasteiger partial charge in [0.15, 0.2) is 5.72 Å². The fourth-order valence-electron chi connectivity index (χ4n) is 8.29. The number of nitrogens with zero attached hydrogens (tertiary/aromatic N) is 2. The Labute approximate surface area is 139 Å². The minimum atomic E-state index is -0.790. The van der Waals surface area contributed by atoms with Gasteiger partial charge in [0, 0.05) is 11.8 Å². The summed E-state index contributed by atoms with van der Waals surface area (Å²) in [6, 6.07) is 0.448. The summed E-state index contributed by atoms with van der Waals surface area (Å²) in [5.41, 5.74) is -0.790. The molecule has 0 aliphatic heterocycles. The first-order chi connectivity index (χ1) is 11.2. The van der Waals surface area contributed by atoms with Crippen LogP contribution in [0.4, 0.5) is 0 Å². The Hall–Kier alpha value is -0.440. The highest BCUT2D eigenvalue weighted by atomic mass is 16.3.